The number of hydrogen-bond donors (Lipinski definition) is 2. The van der Waals surface area contributed by atoms with Gasteiger partial charge in [0.05, 0.1) is 13.1 Å². The van der Waals surface area contributed by atoms with E-state index in [1.165, 1.54) is 0 Å². The summed E-state index contributed by atoms with van der Waals surface area (Å²) in [5.41, 5.74) is 1.28. The number of amides is 2. The van der Waals surface area contributed by atoms with Crippen LogP contribution < -0.4 is 20.1 Å². The van der Waals surface area contributed by atoms with Crippen LogP contribution in [0, 0.1) is 0 Å². The van der Waals surface area contributed by atoms with Gasteiger partial charge in [0.1, 0.15) is 13.2 Å². The predicted molar refractivity (Wildman–Crippen MR) is 108 cm³/mol. The molecule has 2 aromatic carbocycles. The largest absolute Gasteiger partial charge is 0.486 e. The predicted octanol–water partition coefficient (Wildman–Crippen LogP) is 3.01. The van der Waals surface area contributed by atoms with E-state index in [4.69, 9.17) is 21.1 Å². The van der Waals surface area contributed by atoms with Gasteiger partial charge in [-0.2, -0.15) is 0 Å². The van der Waals surface area contributed by atoms with Crippen molar-refractivity contribution in [1.29, 1.82) is 0 Å². The lowest BCUT2D eigenvalue weighted by Crippen LogP contribution is -2.38. The second kappa shape index (κ2) is 9.43. The Bertz CT molecular complexity index is 842. The van der Waals surface area contributed by atoms with Crippen LogP contribution in [-0.2, 0) is 9.59 Å². The molecule has 8 heteroatoms. The topological polar surface area (TPSA) is 79.9 Å². The summed E-state index contributed by atoms with van der Waals surface area (Å²) in [5, 5.41) is 6.21. The van der Waals surface area contributed by atoms with Crippen LogP contribution in [0.2, 0.25) is 5.02 Å². The molecule has 0 spiro atoms. The van der Waals surface area contributed by atoms with Crippen molar-refractivity contribution >= 4 is 34.8 Å². The second-order valence-electron chi connectivity index (χ2n) is 6.26. The van der Waals surface area contributed by atoms with Crippen molar-refractivity contribution in [1.82, 2.24) is 4.90 Å². The molecule has 2 aromatic rings. The third-order valence-corrected chi connectivity index (χ3v) is 4.39. The normalized spacial score (nSPS) is 12.5. The SMILES string of the molecule is CCN(CC(=O)Nc1ccc(Cl)cc1)CC(=O)Nc1ccc2c(c1)OCCO2. The molecule has 0 aliphatic carbocycles. The van der Waals surface area contributed by atoms with Gasteiger partial charge in [0, 0.05) is 22.5 Å². The number of hydrogen-bond acceptors (Lipinski definition) is 5. The van der Waals surface area contributed by atoms with Gasteiger partial charge in [-0.05, 0) is 42.9 Å². The van der Waals surface area contributed by atoms with Gasteiger partial charge in [0.2, 0.25) is 11.8 Å². The zero-order valence-electron chi connectivity index (χ0n) is 15.5. The number of benzene rings is 2. The molecule has 1 heterocycles. The number of fused-ring (bicyclic) bond motifs is 1. The van der Waals surface area contributed by atoms with Crippen molar-refractivity contribution in [3.63, 3.8) is 0 Å². The zero-order chi connectivity index (χ0) is 19.9. The molecule has 0 saturated carbocycles. The molecular formula is C20H22ClN3O4. The number of anilines is 2. The second-order valence-corrected chi connectivity index (χ2v) is 6.70. The first-order valence-corrected chi connectivity index (χ1v) is 9.38. The Labute approximate surface area is 168 Å². The maximum Gasteiger partial charge on any atom is 0.238 e. The highest BCUT2D eigenvalue weighted by Gasteiger charge is 2.16. The summed E-state index contributed by atoms with van der Waals surface area (Å²) in [7, 11) is 0. The maximum absolute atomic E-state index is 12.4. The van der Waals surface area contributed by atoms with E-state index in [2.05, 4.69) is 10.6 Å². The molecule has 0 fully saturated rings. The first-order chi connectivity index (χ1) is 13.5. The third kappa shape index (κ3) is 5.61. The van der Waals surface area contributed by atoms with Crippen LogP contribution in [0.3, 0.4) is 0 Å². The fraction of sp³-hybridized carbons (Fsp3) is 0.300. The fourth-order valence-corrected chi connectivity index (χ4v) is 2.87. The number of rotatable bonds is 7. The minimum atomic E-state index is -0.210. The van der Waals surface area contributed by atoms with Crippen molar-refractivity contribution in [2.24, 2.45) is 0 Å². The first kappa shape index (κ1) is 20.0. The summed E-state index contributed by atoms with van der Waals surface area (Å²) in [6, 6.07) is 12.1. The number of carbonyl (C=O) groups excluding carboxylic acids is 2. The Morgan fingerprint density at radius 2 is 1.50 bits per heavy atom. The van der Waals surface area contributed by atoms with Gasteiger partial charge in [-0.25, -0.2) is 0 Å². The van der Waals surface area contributed by atoms with Gasteiger partial charge in [-0.15, -0.1) is 0 Å². The van der Waals surface area contributed by atoms with Crippen molar-refractivity contribution in [3.8, 4) is 11.5 Å². The molecule has 1 aliphatic rings. The minimum Gasteiger partial charge on any atom is -0.486 e. The van der Waals surface area contributed by atoms with Crippen LogP contribution in [0.5, 0.6) is 11.5 Å². The van der Waals surface area contributed by atoms with Gasteiger partial charge in [-0.3, -0.25) is 14.5 Å². The Balaban J connectivity index is 1.51. The van der Waals surface area contributed by atoms with Gasteiger partial charge >= 0.3 is 0 Å². The monoisotopic (exact) mass is 403 g/mol. The van der Waals surface area contributed by atoms with Crippen LogP contribution in [0.1, 0.15) is 6.92 Å². The molecule has 148 valence electrons. The van der Waals surface area contributed by atoms with Crippen LogP contribution in [0.25, 0.3) is 0 Å². The number of likely N-dealkylation sites (N-methyl/N-ethyl adjacent to an activating group) is 1. The summed E-state index contributed by atoms with van der Waals surface area (Å²) in [6.45, 7) is 3.65. The number of halogens is 1. The number of nitrogens with zero attached hydrogens (tertiary/aromatic N) is 1. The molecule has 0 aromatic heterocycles. The van der Waals surface area contributed by atoms with Gasteiger partial charge in [-0.1, -0.05) is 18.5 Å². The molecule has 1 aliphatic heterocycles. The van der Waals surface area contributed by atoms with Gasteiger partial charge < -0.3 is 20.1 Å². The fourth-order valence-electron chi connectivity index (χ4n) is 2.74. The van der Waals surface area contributed by atoms with Crippen LogP contribution >= 0.6 is 11.6 Å². The molecule has 0 saturated heterocycles. The average Bonchev–Trinajstić information content (AvgIpc) is 2.69. The van der Waals surface area contributed by atoms with E-state index in [9.17, 15) is 9.59 Å². The quantitative estimate of drug-likeness (QED) is 0.742. The van der Waals surface area contributed by atoms with Crippen molar-refractivity contribution in [2.45, 2.75) is 6.92 Å². The molecule has 0 bridgehead atoms. The Morgan fingerprint density at radius 3 is 2.14 bits per heavy atom. The molecule has 2 amide bonds. The summed E-state index contributed by atoms with van der Waals surface area (Å²) >= 11 is 5.84. The summed E-state index contributed by atoms with van der Waals surface area (Å²) in [6.07, 6.45) is 0. The van der Waals surface area contributed by atoms with E-state index >= 15 is 0 Å². The van der Waals surface area contributed by atoms with E-state index < -0.39 is 0 Å². The van der Waals surface area contributed by atoms with Gasteiger partial charge in [0.15, 0.2) is 11.5 Å². The molecular weight excluding hydrogens is 382 g/mol. The molecule has 0 radical (unpaired) electrons. The van der Waals surface area contributed by atoms with E-state index in [0.717, 1.165) is 0 Å². The molecule has 0 unspecified atom stereocenters. The maximum atomic E-state index is 12.4. The number of nitrogens with one attached hydrogen (secondary N) is 2. The smallest absolute Gasteiger partial charge is 0.238 e. The summed E-state index contributed by atoms with van der Waals surface area (Å²) in [4.78, 5) is 26.3. The highest BCUT2D eigenvalue weighted by atomic mass is 35.5. The Hall–Kier alpha value is -2.77. The summed E-state index contributed by atoms with van der Waals surface area (Å²) in [5.74, 6) is 0.867. The highest BCUT2D eigenvalue weighted by Crippen LogP contribution is 2.32. The first-order valence-electron chi connectivity index (χ1n) is 9.01. The lowest BCUT2D eigenvalue weighted by atomic mass is 10.2. The molecule has 2 N–H and O–H groups in total. The van der Waals surface area contributed by atoms with E-state index in [0.29, 0.717) is 47.7 Å². The Kier molecular flexibility index (Phi) is 6.73. The zero-order valence-corrected chi connectivity index (χ0v) is 16.3. The minimum absolute atomic E-state index is 0.0962. The average molecular weight is 404 g/mol. The highest BCUT2D eigenvalue weighted by molar-refractivity contribution is 6.30. The molecule has 7 nitrogen and oxygen atoms in total. The lowest BCUT2D eigenvalue weighted by Gasteiger charge is -2.21. The molecule has 28 heavy (non-hydrogen) atoms. The van der Waals surface area contributed by atoms with Crippen molar-refractivity contribution in [2.75, 3.05) is 43.5 Å². The number of carbonyl (C=O) groups is 2. The van der Waals surface area contributed by atoms with Crippen LogP contribution in [0.15, 0.2) is 42.5 Å². The van der Waals surface area contributed by atoms with E-state index in [1.807, 2.05) is 6.92 Å². The molecule has 3 rings (SSSR count). The van der Waals surface area contributed by atoms with E-state index in [1.54, 1.807) is 47.4 Å². The number of ether oxygens (including phenoxy) is 2. The Morgan fingerprint density at radius 1 is 0.929 bits per heavy atom. The molecule has 0 atom stereocenters. The van der Waals surface area contributed by atoms with E-state index in [-0.39, 0.29) is 24.9 Å². The van der Waals surface area contributed by atoms with Gasteiger partial charge in [0.25, 0.3) is 0 Å². The standard InChI is InChI=1S/C20H22ClN3O4/c1-2-24(12-19(25)22-15-5-3-14(21)4-6-15)13-20(26)23-16-7-8-17-18(11-16)28-10-9-27-17/h3-8,11H,2,9-10,12-13H2,1H3,(H,22,25)(H,23,26). The van der Waals surface area contributed by atoms with Crippen LogP contribution in [0.4, 0.5) is 11.4 Å². The van der Waals surface area contributed by atoms with Crippen molar-refractivity contribution < 1.29 is 19.1 Å². The lowest BCUT2D eigenvalue weighted by molar-refractivity contribution is -0.119. The third-order valence-electron chi connectivity index (χ3n) is 4.14. The van der Waals surface area contributed by atoms with Crippen molar-refractivity contribution in [3.05, 3.63) is 47.5 Å². The van der Waals surface area contributed by atoms with Crippen LogP contribution in [-0.4, -0.2) is 49.6 Å². The summed E-state index contributed by atoms with van der Waals surface area (Å²) < 4.78 is 11.0.